The second-order valence-electron chi connectivity index (χ2n) is 6.53. The fraction of sp³-hybridized carbons (Fsp3) is 0.529. The molecule has 1 rings (SSSR count). The highest BCUT2D eigenvalue weighted by atomic mass is 16.4. The Hall–Kier alpha value is -1.84. The second-order valence-corrected chi connectivity index (χ2v) is 6.53. The number of amides is 1. The number of anilines is 1. The lowest BCUT2D eigenvalue weighted by Crippen LogP contribution is -2.32. The molecule has 116 valence electrons. The van der Waals surface area contributed by atoms with Gasteiger partial charge in [0, 0.05) is 17.5 Å². The number of aliphatic carboxylic acids is 1. The molecule has 0 saturated carbocycles. The van der Waals surface area contributed by atoms with E-state index in [1.54, 1.807) is 0 Å². The number of nitrogens with one attached hydrogen (secondary N) is 1. The quantitative estimate of drug-likeness (QED) is 0.804. The Morgan fingerprint density at radius 3 is 2.52 bits per heavy atom. The molecule has 0 aliphatic carbocycles. The van der Waals surface area contributed by atoms with Crippen molar-refractivity contribution in [1.29, 1.82) is 0 Å². The first kappa shape index (κ1) is 17.2. The first-order valence-corrected chi connectivity index (χ1v) is 7.33. The van der Waals surface area contributed by atoms with Crippen molar-refractivity contribution >= 4 is 17.6 Å². The van der Waals surface area contributed by atoms with Crippen molar-refractivity contribution in [3.05, 3.63) is 29.8 Å². The third-order valence-corrected chi connectivity index (χ3v) is 3.35. The number of carbonyl (C=O) groups excluding carboxylic acids is 1. The minimum atomic E-state index is -0.817. The zero-order valence-corrected chi connectivity index (χ0v) is 13.3. The van der Waals surface area contributed by atoms with Gasteiger partial charge in [-0.1, -0.05) is 39.8 Å². The van der Waals surface area contributed by atoms with Crippen LogP contribution in [0.15, 0.2) is 24.3 Å². The molecule has 2 N–H and O–H groups in total. The third kappa shape index (κ3) is 5.98. The summed E-state index contributed by atoms with van der Waals surface area (Å²) in [6, 6.07) is 7.38. The molecule has 1 amide bonds. The molecular formula is C17H25NO3. The average molecular weight is 291 g/mol. The van der Waals surface area contributed by atoms with Gasteiger partial charge in [0.2, 0.25) is 5.91 Å². The average Bonchev–Trinajstić information content (AvgIpc) is 2.35. The number of rotatable bonds is 7. The van der Waals surface area contributed by atoms with Gasteiger partial charge < -0.3 is 10.4 Å². The summed E-state index contributed by atoms with van der Waals surface area (Å²) in [7, 11) is 0. The van der Waals surface area contributed by atoms with Crippen LogP contribution in [0.4, 0.5) is 5.69 Å². The number of carboxylic acid groups (broad SMARTS) is 1. The van der Waals surface area contributed by atoms with Crippen molar-refractivity contribution in [2.45, 2.75) is 47.0 Å². The first-order valence-electron chi connectivity index (χ1n) is 7.33. The maximum atomic E-state index is 12.3. The van der Waals surface area contributed by atoms with Crippen LogP contribution < -0.4 is 5.32 Å². The van der Waals surface area contributed by atoms with E-state index in [-0.39, 0.29) is 12.3 Å². The number of carbonyl (C=O) groups is 2. The summed E-state index contributed by atoms with van der Waals surface area (Å²) in [5, 5.41) is 11.6. The third-order valence-electron chi connectivity index (χ3n) is 3.35. The first-order chi connectivity index (χ1) is 9.70. The van der Waals surface area contributed by atoms with Gasteiger partial charge in [0.15, 0.2) is 0 Å². The van der Waals surface area contributed by atoms with Gasteiger partial charge in [-0.3, -0.25) is 9.59 Å². The van der Waals surface area contributed by atoms with Gasteiger partial charge in [-0.25, -0.2) is 0 Å². The van der Waals surface area contributed by atoms with E-state index in [1.165, 1.54) is 0 Å². The predicted molar refractivity (Wildman–Crippen MR) is 84.3 cm³/mol. The van der Waals surface area contributed by atoms with Crippen molar-refractivity contribution in [3.8, 4) is 0 Å². The number of carboxylic acids is 1. The molecule has 0 saturated heterocycles. The predicted octanol–water partition coefficient (Wildman–Crippen LogP) is 3.71. The minimum absolute atomic E-state index is 0.00779. The molecule has 1 aromatic rings. The lowest BCUT2D eigenvalue weighted by molar-refractivity contribution is -0.137. The Balaban J connectivity index is 2.72. The fourth-order valence-corrected chi connectivity index (χ4v) is 2.47. The van der Waals surface area contributed by atoms with Crippen LogP contribution in [0.1, 0.15) is 46.1 Å². The van der Waals surface area contributed by atoms with E-state index in [9.17, 15) is 9.59 Å². The summed E-state index contributed by atoms with van der Waals surface area (Å²) in [5.74, 6) is -0.373. The van der Waals surface area contributed by atoms with E-state index in [2.05, 4.69) is 19.2 Å². The van der Waals surface area contributed by atoms with Crippen LogP contribution in [0.3, 0.4) is 0 Å². The van der Waals surface area contributed by atoms with Gasteiger partial charge in [-0.2, -0.15) is 0 Å². The molecule has 0 radical (unpaired) electrons. The van der Waals surface area contributed by atoms with Crippen molar-refractivity contribution in [2.24, 2.45) is 11.3 Å². The number of hydrogen-bond donors (Lipinski definition) is 2. The fourth-order valence-electron chi connectivity index (χ4n) is 2.47. The van der Waals surface area contributed by atoms with Crippen LogP contribution >= 0.6 is 0 Å². The second kappa shape index (κ2) is 7.25. The van der Waals surface area contributed by atoms with Gasteiger partial charge in [-0.15, -0.1) is 0 Å². The maximum Gasteiger partial charge on any atom is 0.303 e. The molecule has 0 atom stereocenters. The van der Waals surface area contributed by atoms with Gasteiger partial charge >= 0.3 is 5.97 Å². The van der Waals surface area contributed by atoms with E-state index >= 15 is 0 Å². The largest absolute Gasteiger partial charge is 0.481 e. The van der Waals surface area contributed by atoms with Crippen molar-refractivity contribution < 1.29 is 14.7 Å². The summed E-state index contributed by atoms with van der Waals surface area (Å²) >= 11 is 0. The molecule has 4 nitrogen and oxygen atoms in total. The smallest absolute Gasteiger partial charge is 0.303 e. The molecule has 0 bridgehead atoms. The van der Waals surface area contributed by atoms with Crippen molar-refractivity contribution in [1.82, 2.24) is 0 Å². The van der Waals surface area contributed by atoms with E-state index in [0.717, 1.165) is 17.7 Å². The summed E-state index contributed by atoms with van der Waals surface area (Å²) in [6.45, 7) is 8.08. The normalized spacial score (nSPS) is 11.5. The maximum absolute atomic E-state index is 12.3. The Morgan fingerprint density at radius 2 is 1.95 bits per heavy atom. The topological polar surface area (TPSA) is 66.4 Å². The molecule has 0 fully saturated rings. The van der Waals surface area contributed by atoms with Crippen LogP contribution in [0.5, 0.6) is 0 Å². The van der Waals surface area contributed by atoms with Gasteiger partial charge in [-0.05, 0) is 36.5 Å². The standard InChI is InChI=1S/C17H25NO3/c1-12(2)11-17(3,4)16(21)18-14-7-5-6-13(10-14)8-9-15(19)20/h5-7,10,12H,8-9,11H2,1-4H3,(H,18,21)(H,19,20). The van der Waals surface area contributed by atoms with Gasteiger partial charge in [0.25, 0.3) is 0 Å². The molecule has 4 heteroatoms. The number of aryl methyl sites for hydroxylation is 1. The number of benzene rings is 1. The minimum Gasteiger partial charge on any atom is -0.481 e. The molecule has 21 heavy (non-hydrogen) atoms. The SMILES string of the molecule is CC(C)CC(C)(C)C(=O)Nc1cccc(CCC(=O)O)c1. The lowest BCUT2D eigenvalue weighted by atomic mass is 9.83. The van der Waals surface area contributed by atoms with E-state index in [4.69, 9.17) is 5.11 Å². The van der Waals surface area contributed by atoms with E-state index in [0.29, 0.717) is 12.3 Å². The van der Waals surface area contributed by atoms with Crippen LogP contribution in [-0.2, 0) is 16.0 Å². The highest BCUT2D eigenvalue weighted by molar-refractivity contribution is 5.94. The van der Waals surface area contributed by atoms with Crippen LogP contribution in [0, 0.1) is 11.3 Å². The molecule has 0 aromatic heterocycles. The van der Waals surface area contributed by atoms with Crippen LogP contribution in [0.2, 0.25) is 0 Å². The van der Waals surface area contributed by atoms with E-state index < -0.39 is 11.4 Å². The van der Waals surface area contributed by atoms with Gasteiger partial charge in [0.1, 0.15) is 0 Å². The van der Waals surface area contributed by atoms with Crippen LogP contribution in [-0.4, -0.2) is 17.0 Å². The summed E-state index contributed by atoms with van der Waals surface area (Å²) < 4.78 is 0. The molecule has 1 aromatic carbocycles. The molecular weight excluding hydrogens is 266 g/mol. The monoisotopic (exact) mass is 291 g/mol. The summed E-state index contributed by atoms with van der Waals surface area (Å²) in [6.07, 6.45) is 1.38. The van der Waals surface area contributed by atoms with Crippen molar-refractivity contribution in [3.63, 3.8) is 0 Å². The molecule has 0 unspecified atom stereocenters. The van der Waals surface area contributed by atoms with Crippen LogP contribution in [0.25, 0.3) is 0 Å². The van der Waals surface area contributed by atoms with Crippen molar-refractivity contribution in [2.75, 3.05) is 5.32 Å². The van der Waals surface area contributed by atoms with Gasteiger partial charge in [0.05, 0.1) is 0 Å². The Kier molecular flexibility index (Phi) is 5.94. The highest BCUT2D eigenvalue weighted by Gasteiger charge is 2.28. The zero-order valence-electron chi connectivity index (χ0n) is 13.3. The zero-order chi connectivity index (χ0) is 16.0. The molecule has 0 heterocycles. The highest BCUT2D eigenvalue weighted by Crippen LogP contribution is 2.27. The summed E-state index contributed by atoms with van der Waals surface area (Å²) in [5.41, 5.74) is 1.21. The number of hydrogen-bond acceptors (Lipinski definition) is 2. The van der Waals surface area contributed by atoms with E-state index in [1.807, 2.05) is 38.1 Å². The molecule has 0 spiro atoms. The Labute approximate surface area is 126 Å². The summed E-state index contributed by atoms with van der Waals surface area (Å²) in [4.78, 5) is 22.9. The molecule has 0 aliphatic heterocycles. The Bertz CT molecular complexity index is 507. The molecule has 0 aliphatic rings. The lowest BCUT2D eigenvalue weighted by Gasteiger charge is -2.25. The Morgan fingerprint density at radius 1 is 1.29 bits per heavy atom.